The lowest BCUT2D eigenvalue weighted by Gasteiger charge is -1.99. The van der Waals surface area contributed by atoms with Gasteiger partial charge in [0, 0.05) is 17.3 Å². The number of aromatic nitrogens is 2. The summed E-state index contributed by atoms with van der Waals surface area (Å²) in [7, 11) is 0. The molecule has 4 rings (SSSR count). The summed E-state index contributed by atoms with van der Waals surface area (Å²) in [6.45, 7) is 0.0977. The molecule has 5 heteroatoms. The molecule has 21 heavy (non-hydrogen) atoms. The van der Waals surface area contributed by atoms with Crippen LogP contribution in [0.15, 0.2) is 53.5 Å². The number of thiophene rings is 2. The third-order valence-corrected chi connectivity index (χ3v) is 5.18. The fourth-order valence-corrected chi connectivity index (χ4v) is 3.75. The Morgan fingerprint density at radius 1 is 1.10 bits per heavy atom. The molecule has 0 bridgehead atoms. The lowest BCUT2D eigenvalue weighted by Crippen LogP contribution is -1.84. The second-order valence-electron chi connectivity index (χ2n) is 4.75. The van der Waals surface area contributed by atoms with E-state index in [4.69, 9.17) is 0 Å². The van der Waals surface area contributed by atoms with Crippen molar-refractivity contribution in [3.63, 3.8) is 0 Å². The summed E-state index contributed by atoms with van der Waals surface area (Å²) in [5, 5.41) is 13.3. The summed E-state index contributed by atoms with van der Waals surface area (Å²) in [6.07, 6.45) is 4.15. The quantitative estimate of drug-likeness (QED) is 0.613. The number of rotatable bonds is 3. The van der Waals surface area contributed by atoms with Gasteiger partial charge in [-0.1, -0.05) is 6.07 Å². The number of nitrogens with zero attached hydrogens (tertiary/aromatic N) is 2. The molecule has 0 atom stereocenters. The smallest absolute Gasteiger partial charge is 0.137 e. The second kappa shape index (κ2) is 5.11. The van der Waals surface area contributed by atoms with Crippen molar-refractivity contribution in [3.05, 3.63) is 58.4 Å². The van der Waals surface area contributed by atoms with Gasteiger partial charge >= 0.3 is 0 Å². The molecule has 0 aliphatic heterocycles. The van der Waals surface area contributed by atoms with Gasteiger partial charge in [0.05, 0.1) is 17.2 Å². The van der Waals surface area contributed by atoms with Gasteiger partial charge < -0.3 is 9.51 Å². The van der Waals surface area contributed by atoms with Crippen molar-refractivity contribution in [2.75, 3.05) is 0 Å². The highest BCUT2D eigenvalue weighted by Crippen LogP contribution is 2.28. The van der Waals surface area contributed by atoms with Crippen LogP contribution in [0.3, 0.4) is 0 Å². The number of aliphatic hydroxyl groups excluding tert-OH is 1. The molecule has 0 aromatic carbocycles. The number of pyridine rings is 1. The molecule has 0 spiro atoms. The van der Waals surface area contributed by atoms with Crippen LogP contribution in [0.25, 0.3) is 27.3 Å². The zero-order chi connectivity index (χ0) is 14.2. The first kappa shape index (κ1) is 12.8. The molecule has 0 aliphatic carbocycles. The van der Waals surface area contributed by atoms with Crippen molar-refractivity contribution in [2.24, 2.45) is 0 Å². The van der Waals surface area contributed by atoms with Gasteiger partial charge in [-0.05, 0) is 46.2 Å². The Kier molecular flexibility index (Phi) is 3.11. The molecule has 0 aliphatic rings. The van der Waals surface area contributed by atoms with Crippen LogP contribution in [-0.2, 0) is 6.61 Å². The molecular formula is C16H12N2OS2. The van der Waals surface area contributed by atoms with Crippen LogP contribution in [0.4, 0.5) is 0 Å². The standard InChI is InChI=1S/C16H12N2OS2/c19-9-13-6-12(10-21-13)11-3-4-16-17-14(8-18(16)7-11)15-2-1-5-20-15/h1-8,10,19H,9H2. The van der Waals surface area contributed by atoms with Gasteiger partial charge in [0.15, 0.2) is 0 Å². The van der Waals surface area contributed by atoms with Crippen LogP contribution in [0.1, 0.15) is 4.88 Å². The lowest BCUT2D eigenvalue weighted by molar-refractivity contribution is 0.285. The first-order chi connectivity index (χ1) is 10.3. The predicted molar refractivity (Wildman–Crippen MR) is 87.7 cm³/mol. The molecule has 0 fully saturated rings. The van der Waals surface area contributed by atoms with Gasteiger partial charge in [0.1, 0.15) is 5.65 Å². The second-order valence-corrected chi connectivity index (χ2v) is 6.69. The van der Waals surface area contributed by atoms with Gasteiger partial charge in [0.25, 0.3) is 0 Å². The number of aliphatic hydroxyl groups is 1. The van der Waals surface area contributed by atoms with Gasteiger partial charge in [0.2, 0.25) is 0 Å². The van der Waals surface area contributed by atoms with Crippen LogP contribution < -0.4 is 0 Å². The Morgan fingerprint density at radius 3 is 2.81 bits per heavy atom. The van der Waals surface area contributed by atoms with E-state index in [1.807, 2.05) is 18.2 Å². The molecule has 4 aromatic rings. The fraction of sp³-hybridized carbons (Fsp3) is 0.0625. The van der Waals surface area contributed by atoms with Crippen molar-refractivity contribution >= 4 is 28.3 Å². The summed E-state index contributed by atoms with van der Waals surface area (Å²) in [5.41, 5.74) is 4.22. The van der Waals surface area contributed by atoms with E-state index >= 15 is 0 Å². The minimum absolute atomic E-state index is 0.0977. The van der Waals surface area contributed by atoms with Gasteiger partial charge in [-0.3, -0.25) is 0 Å². The maximum Gasteiger partial charge on any atom is 0.137 e. The average molecular weight is 312 g/mol. The monoisotopic (exact) mass is 312 g/mol. The highest BCUT2D eigenvalue weighted by atomic mass is 32.1. The summed E-state index contributed by atoms with van der Waals surface area (Å²) < 4.78 is 2.06. The van der Waals surface area contributed by atoms with Crippen molar-refractivity contribution in [2.45, 2.75) is 6.61 Å². The number of imidazole rings is 1. The van der Waals surface area contributed by atoms with E-state index in [1.165, 1.54) is 4.88 Å². The molecular weight excluding hydrogens is 300 g/mol. The minimum atomic E-state index is 0.0977. The van der Waals surface area contributed by atoms with Crippen LogP contribution >= 0.6 is 22.7 Å². The normalized spacial score (nSPS) is 11.3. The molecule has 4 aromatic heterocycles. The van der Waals surface area contributed by atoms with Crippen molar-refractivity contribution in [1.29, 1.82) is 0 Å². The minimum Gasteiger partial charge on any atom is -0.391 e. The average Bonchev–Trinajstić information content (AvgIpc) is 3.24. The third-order valence-electron chi connectivity index (χ3n) is 3.37. The van der Waals surface area contributed by atoms with Crippen molar-refractivity contribution in [3.8, 4) is 21.7 Å². The van der Waals surface area contributed by atoms with E-state index in [2.05, 4.69) is 44.7 Å². The Labute approximate surface area is 129 Å². The van der Waals surface area contributed by atoms with E-state index in [0.29, 0.717) is 0 Å². The SMILES string of the molecule is OCc1cc(-c2ccc3nc(-c4cccs4)cn3c2)cs1. The Morgan fingerprint density at radius 2 is 2.05 bits per heavy atom. The van der Waals surface area contributed by atoms with Crippen LogP contribution in [0.2, 0.25) is 0 Å². The molecule has 0 saturated carbocycles. The third kappa shape index (κ3) is 2.29. The van der Waals surface area contributed by atoms with E-state index < -0.39 is 0 Å². The van der Waals surface area contributed by atoms with Crippen LogP contribution in [0.5, 0.6) is 0 Å². The summed E-state index contributed by atoms with van der Waals surface area (Å²) >= 11 is 3.28. The highest BCUT2D eigenvalue weighted by molar-refractivity contribution is 7.13. The molecule has 4 heterocycles. The van der Waals surface area contributed by atoms with Gasteiger partial charge in [-0.2, -0.15) is 0 Å². The highest BCUT2D eigenvalue weighted by Gasteiger charge is 2.07. The van der Waals surface area contributed by atoms with E-state index in [1.54, 1.807) is 22.7 Å². The van der Waals surface area contributed by atoms with Crippen LogP contribution in [-0.4, -0.2) is 14.5 Å². The van der Waals surface area contributed by atoms with Gasteiger partial charge in [-0.15, -0.1) is 22.7 Å². The fourth-order valence-electron chi connectivity index (χ4n) is 2.32. The number of hydrogen-bond donors (Lipinski definition) is 1. The molecule has 0 saturated heterocycles. The Balaban J connectivity index is 1.79. The summed E-state index contributed by atoms with van der Waals surface area (Å²) in [4.78, 5) is 6.81. The van der Waals surface area contributed by atoms with E-state index in [-0.39, 0.29) is 6.61 Å². The topological polar surface area (TPSA) is 37.5 Å². The lowest BCUT2D eigenvalue weighted by atomic mass is 10.1. The zero-order valence-corrected chi connectivity index (χ0v) is 12.7. The number of fused-ring (bicyclic) bond motifs is 1. The summed E-state index contributed by atoms with van der Waals surface area (Å²) in [6, 6.07) is 10.3. The van der Waals surface area contributed by atoms with E-state index in [0.717, 1.165) is 27.3 Å². The molecule has 1 N–H and O–H groups in total. The molecule has 3 nitrogen and oxygen atoms in total. The summed E-state index contributed by atoms with van der Waals surface area (Å²) in [5.74, 6) is 0. The largest absolute Gasteiger partial charge is 0.391 e. The van der Waals surface area contributed by atoms with Crippen molar-refractivity contribution < 1.29 is 5.11 Å². The molecule has 0 amide bonds. The van der Waals surface area contributed by atoms with Crippen LogP contribution in [0, 0.1) is 0 Å². The Bertz CT molecular complexity index is 890. The molecule has 104 valence electrons. The first-order valence-corrected chi connectivity index (χ1v) is 8.31. The van der Waals surface area contributed by atoms with E-state index in [9.17, 15) is 5.11 Å². The molecule has 0 unspecified atom stereocenters. The predicted octanol–water partition coefficient (Wildman–Crippen LogP) is 4.28. The van der Waals surface area contributed by atoms with Gasteiger partial charge in [-0.25, -0.2) is 4.98 Å². The maximum atomic E-state index is 9.17. The Hall–Kier alpha value is -1.95. The zero-order valence-electron chi connectivity index (χ0n) is 11.1. The number of hydrogen-bond acceptors (Lipinski definition) is 4. The van der Waals surface area contributed by atoms with Crippen molar-refractivity contribution in [1.82, 2.24) is 9.38 Å². The molecule has 0 radical (unpaired) electrons. The maximum absolute atomic E-state index is 9.17. The first-order valence-electron chi connectivity index (χ1n) is 6.55.